The largest absolute Gasteiger partial charge is 0.574 e. The predicted molar refractivity (Wildman–Crippen MR) is 56.0 cm³/mol. The smallest absolute Gasteiger partial charge is 0.496 e. The number of aromatic nitrogens is 1. The molecule has 0 fully saturated rings. The quantitative estimate of drug-likeness (QED) is 0.867. The Balaban J connectivity index is 3.24. The van der Waals surface area contributed by atoms with Gasteiger partial charge in [-0.25, -0.2) is 4.98 Å². The third kappa shape index (κ3) is 3.74. The Morgan fingerprint density at radius 1 is 1.47 bits per heavy atom. The molecular weight excluding hydrogens is 307 g/mol. The molecule has 0 atom stereocenters. The van der Waals surface area contributed by atoms with Crippen LogP contribution in [0.4, 0.5) is 13.2 Å². The van der Waals surface area contributed by atoms with Crippen LogP contribution in [0.3, 0.4) is 0 Å². The van der Waals surface area contributed by atoms with Crippen molar-refractivity contribution in [3.63, 3.8) is 0 Å². The number of alkyl halides is 4. The molecule has 8 heteroatoms. The molecule has 0 amide bonds. The van der Waals surface area contributed by atoms with E-state index in [1.165, 1.54) is 13.2 Å². The summed E-state index contributed by atoms with van der Waals surface area (Å²) < 4.78 is 45.0. The average Bonchev–Trinajstić information content (AvgIpc) is 2.25. The number of aliphatic hydroxyl groups excluding tert-OH is 1. The van der Waals surface area contributed by atoms with Crippen LogP contribution < -0.4 is 9.47 Å². The lowest BCUT2D eigenvalue weighted by Gasteiger charge is -2.14. The summed E-state index contributed by atoms with van der Waals surface area (Å²) in [6.07, 6.45) is -4.87. The lowest BCUT2D eigenvalue weighted by atomic mass is 10.2. The van der Waals surface area contributed by atoms with Crippen LogP contribution in [0.15, 0.2) is 6.07 Å². The van der Waals surface area contributed by atoms with Crippen molar-refractivity contribution in [3.05, 3.63) is 17.3 Å². The average molecular weight is 316 g/mol. The van der Waals surface area contributed by atoms with E-state index < -0.39 is 18.8 Å². The summed E-state index contributed by atoms with van der Waals surface area (Å²) in [5, 5.41) is 9.25. The number of pyridine rings is 1. The topological polar surface area (TPSA) is 51.6 Å². The maximum absolute atomic E-state index is 12.1. The second-order valence-electron chi connectivity index (χ2n) is 2.94. The monoisotopic (exact) mass is 315 g/mol. The number of nitrogens with zero attached hydrogens (tertiary/aromatic N) is 1. The van der Waals surface area contributed by atoms with Gasteiger partial charge in [0, 0.05) is 11.4 Å². The van der Waals surface area contributed by atoms with E-state index in [4.69, 9.17) is 9.84 Å². The molecule has 0 aliphatic rings. The van der Waals surface area contributed by atoms with E-state index in [2.05, 4.69) is 25.7 Å². The third-order valence-corrected chi connectivity index (χ3v) is 2.40. The van der Waals surface area contributed by atoms with Crippen LogP contribution in [0.25, 0.3) is 0 Å². The Labute approximate surface area is 103 Å². The minimum absolute atomic E-state index is 0.0937. The molecule has 1 rings (SSSR count). The first-order chi connectivity index (χ1) is 7.91. The Bertz CT molecular complexity index is 398. The van der Waals surface area contributed by atoms with Crippen molar-refractivity contribution in [2.24, 2.45) is 0 Å². The van der Waals surface area contributed by atoms with Crippen molar-refractivity contribution < 1.29 is 27.8 Å². The summed E-state index contributed by atoms with van der Waals surface area (Å²) >= 11 is 3.06. The fourth-order valence-electron chi connectivity index (χ4n) is 1.16. The van der Waals surface area contributed by atoms with Crippen LogP contribution in [-0.2, 0) is 11.9 Å². The first-order valence-electron chi connectivity index (χ1n) is 4.40. The number of methoxy groups -OCH3 is 1. The third-order valence-electron chi connectivity index (χ3n) is 1.83. The summed E-state index contributed by atoms with van der Waals surface area (Å²) in [6.45, 7) is -0.663. The molecule has 0 aliphatic carbocycles. The van der Waals surface area contributed by atoms with E-state index in [0.29, 0.717) is 5.69 Å². The fraction of sp³-hybridized carbons (Fsp3) is 0.444. The highest BCUT2D eigenvalue weighted by atomic mass is 79.9. The van der Waals surface area contributed by atoms with Gasteiger partial charge in [0.25, 0.3) is 0 Å². The van der Waals surface area contributed by atoms with E-state index >= 15 is 0 Å². The van der Waals surface area contributed by atoms with Gasteiger partial charge in [-0.2, -0.15) is 0 Å². The van der Waals surface area contributed by atoms with Gasteiger partial charge in [0.05, 0.1) is 25.0 Å². The summed E-state index contributed by atoms with van der Waals surface area (Å²) in [7, 11) is 1.28. The molecule has 1 aromatic rings. The molecule has 0 unspecified atom stereocenters. The highest BCUT2D eigenvalue weighted by Crippen LogP contribution is 2.32. The lowest BCUT2D eigenvalue weighted by Crippen LogP contribution is -2.19. The van der Waals surface area contributed by atoms with Crippen molar-refractivity contribution in [2.45, 2.75) is 18.3 Å². The number of halogens is 4. The SMILES string of the molecule is COc1cc(CBr)nc(OC(F)(F)F)c1CO. The fourth-order valence-corrected chi connectivity index (χ4v) is 1.45. The Hall–Kier alpha value is -1.02. The van der Waals surface area contributed by atoms with Gasteiger partial charge in [0.1, 0.15) is 5.75 Å². The Morgan fingerprint density at radius 3 is 2.53 bits per heavy atom. The van der Waals surface area contributed by atoms with E-state index in [-0.39, 0.29) is 16.6 Å². The first-order valence-corrected chi connectivity index (χ1v) is 5.52. The molecule has 0 saturated heterocycles. The van der Waals surface area contributed by atoms with Crippen molar-refractivity contribution in [2.75, 3.05) is 7.11 Å². The molecule has 0 radical (unpaired) electrons. The molecule has 0 bridgehead atoms. The predicted octanol–water partition coefficient (Wildman–Crippen LogP) is 2.38. The second kappa shape index (κ2) is 5.54. The van der Waals surface area contributed by atoms with Gasteiger partial charge in [-0.1, -0.05) is 15.9 Å². The molecule has 4 nitrogen and oxygen atoms in total. The van der Waals surface area contributed by atoms with Gasteiger partial charge in [0.15, 0.2) is 0 Å². The number of hydrogen-bond donors (Lipinski definition) is 1. The van der Waals surface area contributed by atoms with Crippen LogP contribution in [0.2, 0.25) is 0 Å². The van der Waals surface area contributed by atoms with Crippen LogP contribution >= 0.6 is 15.9 Å². The van der Waals surface area contributed by atoms with E-state index in [1.54, 1.807) is 0 Å². The molecule has 1 N–H and O–H groups in total. The van der Waals surface area contributed by atoms with Crippen molar-refractivity contribution >= 4 is 15.9 Å². The lowest BCUT2D eigenvalue weighted by molar-refractivity contribution is -0.276. The van der Waals surface area contributed by atoms with Crippen molar-refractivity contribution in [3.8, 4) is 11.6 Å². The van der Waals surface area contributed by atoms with Crippen LogP contribution in [0.1, 0.15) is 11.3 Å². The number of rotatable bonds is 4. The molecule has 1 heterocycles. The van der Waals surface area contributed by atoms with Crippen molar-refractivity contribution in [1.82, 2.24) is 4.98 Å². The summed E-state index contributed by atoms with van der Waals surface area (Å²) in [5.41, 5.74) is 0.160. The first kappa shape index (κ1) is 14.0. The summed E-state index contributed by atoms with van der Waals surface area (Å²) in [5.74, 6) is -0.606. The standard InChI is InChI=1S/C9H9BrF3NO3/c1-16-7-2-5(3-10)14-8(6(7)4-15)17-9(11,12)13/h2,15H,3-4H2,1H3. The molecule has 1 aromatic heterocycles. The van der Waals surface area contributed by atoms with E-state index in [0.717, 1.165) is 0 Å². The zero-order chi connectivity index (χ0) is 13.1. The minimum Gasteiger partial charge on any atom is -0.496 e. The molecular formula is C9H9BrF3NO3. The van der Waals surface area contributed by atoms with E-state index in [9.17, 15) is 13.2 Å². The highest BCUT2D eigenvalue weighted by Gasteiger charge is 2.33. The zero-order valence-corrected chi connectivity index (χ0v) is 10.3. The van der Waals surface area contributed by atoms with Gasteiger partial charge in [-0.15, -0.1) is 13.2 Å². The number of aliphatic hydroxyl groups is 1. The van der Waals surface area contributed by atoms with E-state index in [1.807, 2.05) is 0 Å². The normalized spacial score (nSPS) is 11.4. The Kier molecular flexibility index (Phi) is 4.58. The molecule has 0 saturated carbocycles. The van der Waals surface area contributed by atoms with Gasteiger partial charge in [-0.3, -0.25) is 0 Å². The minimum atomic E-state index is -4.87. The van der Waals surface area contributed by atoms with Crippen LogP contribution in [0, 0.1) is 0 Å². The molecule has 0 aromatic carbocycles. The molecule has 96 valence electrons. The van der Waals surface area contributed by atoms with Crippen LogP contribution in [-0.4, -0.2) is 23.6 Å². The van der Waals surface area contributed by atoms with Gasteiger partial charge in [0.2, 0.25) is 5.88 Å². The maximum Gasteiger partial charge on any atom is 0.574 e. The molecule has 17 heavy (non-hydrogen) atoms. The second-order valence-corrected chi connectivity index (χ2v) is 3.50. The number of ether oxygens (including phenoxy) is 2. The summed E-state index contributed by atoms with van der Waals surface area (Å²) in [4.78, 5) is 3.63. The number of hydrogen-bond acceptors (Lipinski definition) is 4. The highest BCUT2D eigenvalue weighted by molar-refractivity contribution is 9.08. The molecule has 0 spiro atoms. The van der Waals surface area contributed by atoms with Gasteiger partial charge in [-0.05, 0) is 0 Å². The zero-order valence-electron chi connectivity index (χ0n) is 8.71. The van der Waals surface area contributed by atoms with Gasteiger partial charge >= 0.3 is 6.36 Å². The maximum atomic E-state index is 12.1. The Morgan fingerprint density at radius 2 is 2.12 bits per heavy atom. The van der Waals surface area contributed by atoms with Crippen LogP contribution in [0.5, 0.6) is 11.6 Å². The molecule has 0 aliphatic heterocycles. The van der Waals surface area contributed by atoms with Crippen molar-refractivity contribution in [1.29, 1.82) is 0 Å². The van der Waals surface area contributed by atoms with Gasteiger partial charge < -0.3 is 14.6 Å². The summed E-state index contributed by atoms with van der Waals surface area (Å²) in [6, 6.07) is 1.42.